The molecule has 0 aliphatic carbocycles. The Labute approximate surface area is 122 Å². The molecule has 0 amide bonds. The van der Waals surface area contributed by atoms with Gasteiger partial charge in [0.1, 0.15) is 6.61 Å². The van der Waals surface area contributed by atoms with Gasteiger partial charge in [0, 0.05) is 11.1 Å². The van der Waals surface area contributed by atoms with Gasteiger partial charge in [-0.05, 0) is 6.07 Å². The first-order chi connectivity index (χ1) is 9.74. The number of hydrogen-bond acceptors (Lipinski definition) is 3. The van der Waals surface area contributed by atoms with Gasteiger partial charge in [0.2, 0.25) is 0 Å². The molecule has 0 saturated heterocycles. The second-order valence-corrected chi connectivity index (χ2v) is 4.44. The van der Waals surface area contributed by atoms with Crippen LogP contribution in [-0.4, -0.2) is 24.2 Å². The number of carbonyl (C=O) groups is 2. The smallest absolute Gasteiger partial charge is 0.338 e. The van der Waals surface area contributed by atoms with Crippen molar-refractivity contribution in [3.63, 3.8) is 0 Å². The Morgan fingerprint density at radius 2 is 1.50 bits per heavy atom. The van der Waals surface area contributed by atoms with E-state index in [1.807, 2.05) is 6.07 Å². The van der Waals surface area contributed by atoms with E-state index < -0.39 is 5.97 Å². The Hall–Kier alpha value is -2.13. The van der Waals surface area contributed by atoms with E-state index in [0.717, 1.165) is 0 Å². The van der Waals surface area contributed by atoms with Crippen LogP contribution in [0.1, 0.15) is 26.3 Å². The molecule has 2 aromatic carbocycles. The van der Waals surface area contributed by atoms with Crippen LogP contribution in [0, 0.1) is 0 Å². The number of ketones is 1. The van der Waals surface area contributed by atoms with E-state index in [4.69, 9.17) is 16.3 Å². The van der Waals surface area contributed by atoms with Crippen molar-refractivity contribution in [3.05, 3.63) is 71.3 Å². The number of esters is 1. The fourth-order valence-corrected chi connectivity index (χ4v) is 1.89. The van der Waals surface area contributed by atoms with E-state index in [9.17, 15) is 9.59 Å². The molecule has 3 nitrogen and oxygen atoms in total. The van der Waals surface area contributed by atoms with Crippen LogP contribution in [0.25, 0.3) is 0 Å². The zero-order valence-corrected chi connectivity index (χ0v) is 11.5. The Morgan fingerprint density at radius 3 is 2.15 bits per heavy atom. The van der Waals surface area contributed by atoms with E-state index >= 15 is 0 Å². The van der Waals surface area contributed by atoms with Gasteiger partial charge in [0.05, 0.1) is 11.4 Å². The number of halogens is 1. The quantitative estimate of drug-likeness (QED) is 0.481. The van der Waals surface area contributed by atoms with Crippen molar-refractivity contribution in [1.29, 1.82) is 0 Å². The second-order valence-electron chi connectivity index (χ2n) is 4.07. The molecule has 0 unspecified atom stereocenters. The van der Waals surface area contributed by atoms with E-state index in [2.05, 4.69) is 0 Å². The highest BCUT2D eigenvalue weighted by atomic mass is 35.5. The van der Waals surface area contributed by atoms with E-state index in [0.29, 0.717) is 11.1 Å². The Balaban J connectivity index is 2.33. The minimum Gasteiger partial charge on any atom is -0.461 e. The monoisotopic (exact) mass is 288 g/mol. The highest BCUT2D eigenvalue weighted by Gasteiger charge is 2.18. The van der Waals surface area contributed by atoms with Crippen LogP contribution in [0.15, 0.2) is 54.6 Å². The summed E-state index contributed by atoms with van der Waals surface area (Å²) in [6, 6.07) is 15.4. The molecule has 0 aliphatic heterocycles. The topological polar surface area (TPSA) is 43.4 Å². The first-order valence-electron chi connectivity index (χ1n) is 6.16. The largest absolute Gasteiger partial charge is 0.461 e. The van der Waals surface area contributed by atoms with Crippen LogP contribution in [0.5, 0.6) is 0 Å². The summed E-state index contributed by atoms with van der Waals surface area (Å²) in [5.74, 6) is -0.518. The number of rotatable bonds is 5. The Bertz CT molecular complexity index is 608. The van der Waals surface area contributed by atoms with Gasteiger partial charge in [0.15, 0.2) is 5.78 Å². The zero-order chi connectivity index (χ0) is 14.4. The number of benzene rings is 2. The van der Waals surface area contributed by atoms with Crippen LogP contribution in [0.2, 0.25) is 0 Å². The Kier molecular flexibility index (Phi) is 4.91. The summed E-state index contributed by atoms with van der Waals surface area (Å²) in [5.41, 5.74) is 1.12. The van der Waals surface area contributed by atoms with Gasteiger partial charge >= 0.3 is 5.97 Å². The molecule has 2 rings (SSSR count). The minimum atomic E-state index is -0.537. The molecule has 0 spiro atoms. The molecule has 0 bridgehead atoms. The highest BCUT2D eigenvalue weighted by Crippen LogP contribution is 2.15. The molecule has 0 atom stereocenters. The standard InChI is InChI=1S/C16H13ClO3/c17-10-11-20-16(19)14-9-5-4-8-13(14)15(18)12-6-2-1-3-7-12/h1-9H,10-11H2. The summed E-state index contributed by atoms with van der Waals surface area (Å²) in [4.78, 5) is 24.3. The summed E-state index contributed by atoms with van der Waals surface area (Å²) in [5, 5.41) is 0. The van der Waals surface area contributed by atoms with Gasteiger partial charge in [-0.15, -0.1) is 11.6 Å². The fraction of sp³-hybridized carbons (Fsp3) is 0.125. The third-order valence-corrected chi connectivity index (χ3v) is 2.89. The first-order valence-corrected chi connectivity index (χ1v) is 6.69. The maximum atomic E-state index is 12.4. The molecule has 0 fully saturated rings. The number of carbonyl (C=O) groups excluding carboxylic acids is 2. The molecule has 2 aromatic rings. The highest BCUT2D eigenvalue weighted by molar-refractivity contribution is 6.18. The van der Waals surface area contributed by atoms with Crippen molar-refractivity contribution in [1.82, 2.24) is 0 Å². The van der Waals surface area contributed by atoms with Crippen molar-refractivity contribution >= 4 is 23.4 Å². The van der Waals surface area contributed by atoms with Crippen LogP contribution >= 0.6 is 11.6 Å². The van der Waals surface area contributed by atoms with Gasteiger partial charge in [0.25, 0.3) is 0 Å². The lowest BCUT2D eigenvalue weighted by Crippen LogP contribution is -2.13. The SMILES string of the molecule is O=C(OCCCl)c1ccccc1C(=O)c1ccccc1. The van der Waals surface area contributed by atoms with Crippen LogP contribution in [0.4, 0.5) is 0 Å². The summed E-state index contributed by atoms with van der Waals surface area (Å²) in [6.45, 7) is 0.119. The fourth-order valence-electron chi connectivity index (χ4n) is 1.81. The molecule has 20 heavy (non-hydrogen) atoms. The van der Waals surface area contributed by atoms with Gasteiger partial charge in [-0.1, -0.05) is 48.5 Å². The molecular formula is C16H13ClO3. The second kappa shape index (κ2) is 6.87. The zero-order valence-electron chi connectivity index (χ0n) is 10.7. The lowest BCUT2D eigenvalue weighted by Gasteiger charge is -2.08. The molecule has 0 saturated carbocycles. The van der Waals surface area contributed by atoms with Crippen molar-refractivity contribution in [2.24, 2.45) is 0 Å². The maximum Gasteiger partial charge on any atom is 0.338 e. The molecular weight excluding hydrogens is 276 g/mol. The third-order valence-electron chi connectivity index (χ3n) is 2.74. The van der Waals surface area contributed by atoms with E-state index in [-0.39, 0.29) is 23.8 Å². The normalized spacial score (nSPS) is 10.1. The average Bonchev–Trinajstić information content (AvgIpc) is 2.52. The molecule has 0 N–H and O–H groups in total. The molecule has 0 aliphatic rings. The van der Waals surface area contributed by atoms with Gasteiger partial charge in [-0.2, -0.15) is 0 Å². The van der Waals surface area contributed by atoms with Crippen LogP contribution < -0.4 is 0 Å². The average molecular weight is 289 g/mol. The molecule has 4 heteroatoms. The van der Waals surface area contributed by atoms with E-state index in [1.54, 1.807) is 48.5 Å². The Morgan fingerprint density at radius 1 is 0.900 bits per heavy atom. The van der Waals surface area contributed by atoms with Gasteiger partial charge in [-0.25, -0.2) is 4.79 Å². The number of alkyl halides is 1. The summed E-state index contributed by atoms with van der Waals surface area (Å²) in [6.07, 6.45) is 0. The maximum absolute atomic E-state index is 12.4. The number of ether oxygens (including phenoxy) is 1. The third kappa shape index (κ3) is 3.25. The molecule has 0 radical (unpaired) electrons. The summed E-state index contributed by atoms with van der Waals surface area (Å²) < 4.78 is 4.98. The van der Waals surface area contributed by atoms with Crippen LogP contribution in [0.3, 0.4) is 0 Å². The van der Waals surface area contributed by atoms with Crippen molar-refractivity contribution in [2.45, 2.75) is 0 Å². The van der Waals surface area contributed by atoms with Crippen molar-refractivity contribution in [2.75, 3.05) is 12.5 Å². The van der Waals surface area contributed by atoms with E-state index in [1.165, 1.54) is 0 Å². The molecule has 102 valence electrons. The predicted molar refractivity (Wildman–Crippen MR) is 77.3 cm³/mol. The predicted octanol–water partition coefficient (Wildman–Crippen LogP) is 3.31. The van der Waals surface area contributed by atoms with Gasteiger partial charge in [-0.3, -0.25) is 4.79 Å². The lowest BCUT2D eigenvalue weighted by atomic mass is 9.98. The van der Waals surface area contributed by atoms with Crippen LogP contribution in [-0.2, 0) is 4.74 Å². The van der Waals surface area contributed by atoms with Crippen molar-refractivity contribution in [3.8, 4) is 0 Å². The number of hydrogen-bond donors (Lipinski definition) is 0. The molecule has 0 heterocycles. The molecule has 0 aromatic heterocycles. The minimum absolute atomic E-state index is 0.119. The van der Waals surface area contributed by atoms with Gasteiger partial charge < -0.3 is 4.74 Å². The lowest BCUT2D eigenvalue weighted by molar-refractivity contribution is 0.0526. The summed E-state index contributed by atoms with van der Waals surface area (Å²) in [7, 11) is 0. The summed E-state index contributed by atoms with van der Waals surface area (Å²) >= 11 is 5.49. The van der Waals surface area contributed by atoms with Crippen molar-refractivity contribution < 1.29 is 14.3 Å². The first kappa shape index (κ1) is 14.3.